The number of hydrogen-bond donors (Lipinski definition) is 1. The first-order chi connectivity index (χ1) is 8.24. The van der Waals surface area contributed by atoms with Crippen molar-refractivity contribution in [3.05, 3.63) is 58.7 Å². The van der Waals surface area contributed by atoms with Gasteiger partial charge in [0, 0.05) is 12.7 Å². The molecule has 0 saturated heterocycles. The molecule has 0 fully saturated rings. The summed E-state index contributed by atoms with van der Waals surface area (Å²) in [5.41, 5.74) is 2.64. The molecule has 0 bridgehead atoms. The van der Waals surface area contributed by atoms with E-state index in [1.54, 1.807) is 6.20 Å². The Balaban J connectivity index is 1.85. The van der Waals surface area contributed by atoms with Crippen LogP contribution in [0.4, 0.5) is 5.82 Å². The zero-order chi connectivity index (χ0) is 12.1. The number of nitrogens with zero attached hydrogens (tertiary/aromatic N) is 1. The maximum Gasteiger partial charge on any atom is 0.125 e. The van der Waals surface area contributed by atoms with E-state index in [1.165, 1.54) is 11.1 Å². The van der Waals surface area contributed by atoms with E-state index in [4.69, 9.17) is 11.6 Å². The van der Waals surface area contributed by atoms with Crippen molar-refractivity contribution in [1.29, 1.82) is 0 Å². The van der Waals surface area contributed by atoms with Crippen molar-refractivity contribution in [1.82, 2.24) is 4.98 Å². The molecule has 0 aliphatic carbocycles. The summed E-state index contributed by atoms with van der Waals surface area (Å²) >= 11 is 5.77. The molecular formula is C14H15ClN2. The average Bonchev–Trinajstić information content (AvgIpc) is 2.32. The van der Waals surface area contributed by atoms with Crippen LogP contribution in [0.1, 0.15) is 11.1 Å². The number of pyridine rings is 1. The Hall–Kier alpha value is -1.54. The van der Waals surface area contributed by atoms with Crippen LogP contribution in [0.5, 0.6) is 0 Å². The average molecular weight is 247 g/mol. The summed E-state index contributed by atoms with van der Waals surface area (Å²) in [6.45, 7) is 2.98. The number of hydrogen-bond acceptors (Lipinski definition) is 2. The standard InChI is InChI=1S/C14H15ClN2/c1-11-3-2-4-12(9-11)7-8-16-14-6-5-13(15)10-17-14/h2-6,9-10H,7-8H2,1H3,(H,16,17). The lowest BCUT2D eigenvalue weighted by Crippen LogP contribution is -2.06. The van der Waals surface area contributed by atoms with Crippen LogP contribution in [0.2, 0.25) is 5.02 Å². The van der Waals surface area contributed by atoms with Gasteiger partial charge in [0.25, 0.3) is 0 Å². The number of aromatic nitrogens is 1. The van der Waals surface area contributed by atoms with E-state index in [0.717, 1.165) is 18.8 Å². The first-order valence-electron chi connectivity index (χ1n) is 5.65. The highest BCUT2D eigenvalue weighted by Gasteiger charge is 1.95. The Bertz CT molecular complexity index is 480. The SMILES string of the molecule is Cc1cccc(CCNc2ccc(Cl)cn2)c1. The Labute approximate surface area is 107 Å². The van der Waals surface area contributed by atoms with Crippen LogP contribution in [0.3, 0.4) is 0 Å². The lowest BCUT2D eigenvalue weighted by Gasteiger charge is -2.06. The van der Waals surface area contributed by atoms with Crippen molar-refractivity contribution in [3.63, 3.8) is 0 Å². The Morgan fingerprint density at radius 1 is 1.24 bits per heavy atom. The number of rotatable bonds is 4. The predicted molar refractivity (Wildman–Crippen MR) is 72.6 cm³/mol. The van der Waals surface area contributed by atoms with Crippen LogP contribution in [0, 0.1) is 6.92 Å². The summed E-state index contributed by atoms with van der Waals surface area (Å²) in [6.07, 6.45) is 2.64. The van der Waals surface area contributed by atoms with Crippen molar-refractivity contribution in [2.24, 2.45) is 0 Å². The summed E-state index contributed by atoms with van der Waals surface area (Å²) in [4.78, 5) is 4.18. The van der Waals surface area contributed by atoms with Crippen molar-refractivity contribution >= 4 is 17.4 Å². The molecule has 17 heavy (non-hydrogen) atoms. The normalized spacial score (nSPS) is 10.2. The van der Waals surface area contributed by atoms with Crippen LogP contribution in [0.25, 0.3) is 0 Å². The summed E-state index contributed by atoms with van der Waals surface area (Å²) in [5.74, 6) is 0.863. The van der Waals surface area contributed by atoms with Gasteiger partial charge in [-0.1, -0.05) is 41.4 Å². The highest BCUT2D eigenvalue weighted by atomic mass is 35.5. The molecule has 1 aromatic heterocycles. The van der Waals surface area contributed by atoms with Crippen molar-refractivity contribution in [2.45, 2.75) is 13.3 Å². The molecule has 0 aliphatic rings. The van der Waals surface area contributed by atoms with E-state index in [2.05, 4.69) is 41.5 Å². The van der Waals surface area contributed by atoms with E-state index < -0.39 is 0 Å². The first kappa shape index (κ1) is 11.9. The molecule has 88 valence electrons. The van der Waals surface area contributed by atoms with E-state index in [1.807, 2.05) is 12.1 Å². The molecule has 2 rings (SSSR count). The minimum absolute atomic E-state index is 0.661. The van der Waals surface area contributed by atoms with Crippen LogP contribution < -0.4 is 5.32 Å². The van der Waals surface area contributed by atoms with Gasteiger partial charge in [0.15, 0.2) is 0 Å². The van der Waals surface area contributed by atoms with Crippen LogP contribution in [-0.4, -0.2) is 11.5 Å². The van der Waals surface area contributed by atoms with Gasteiger partial charge in [0.2, 0.25) is 0 Å². The van der Waals surface area contributed by atoms with Gasteiger partial charge in [-0.15, -0.1) is 0 Å². The summed E-state index contributed by atoms with van der Waals surface area (Å²) in [7, 11) is 0. The zero-order valence-electron chi connectivity index (χ0n) is 9.78. The lowest BCUT2D eigenvalue weighted by atomic mass is 10.1. The maximum atomic E-state index is 5.77. The highest BCUT2D eigenvalue weighted by molar-refractivity contribution is 6.30. The van der Waals surface area contributed by atoms with Gasteiger partial charge in [-0.25, -0.2) is 4.98 Å². The van der Waals surface area contributed by atoms with E-state index in [9.17, 15) is 0 Å². The van der Waals surface area contributed by atoms with Gasteiger partial charge in [-0.05, 0) is 31.0 Å². The smallest absolute Gasteiger partial charge is 0.125 e. The van der Waals surface area contributed by atoms with Gasteiger partial charge in [-0.3, -0.25) is 0 Å². The molecule has 0 aliphatic heterocycles. The monoisotopic (exact) mass is 246 g/mol. The second-order valence-corrected chi connectivity index (χ2v) is 4.46. The molecule has 0 amide bonds. The molecule has 0 spiro atoms. The minimum atomic E-state index is 0.661. The third-order valence-electron chi connectivity index (χ3n) is 2.53. The van der Waals surface area contributed by atoms with Gasteiger partial charge < -0.3 is 5.32 Å². The molecule has 1 heterocycles. The molecule has 3 heteroatoms. The second-order valence-electron chi connectivity index (χ2n) is 4.03. The zero-order valence-corrected chi connectivity index (χ0v) is 10.5. The number of aryl methyl sites for hydroxylation is 1. The van der Waals surface area contributed by atoms with E-state index in [-0.39, 0.29) is 0 Å². The van der Waals surface area contributed by atoms with Gasteiger partial charge in [0.1, 0.15) is 5.82 Å². The van der Waals surface area contributed by atoms with Crippen LogP contribution in [0.15, 0.2) is 42.6 Å². The molecule has 2 nitrogen and oxygen atoms in total. The first-order valence-corrected chi connectivity index (χ1v) is 6.03. The fraction of sp³-hybridized carbons (Fsp3) is 0.214. The number of halogens is 1. The molecule has 0 atom stereocenters. The van der Waals surface area contributed by atoms with Gasteiger partial charge in [-0.2, -0.15) is 0 Å². The highest BCUT2D eigenvalue weighted by Crippen LogP contribution is 2.10. The third-order valence-corrected chi connectivity index (χ3v) is 2.75. The summed E-state index contributed by atoms with van der Waals surface area (Å²) in [5, 5.41) is 3.93. The fourth-order valence-electron chi connectivity index (χ4n) is 1.68. The van der Waals surface area contributed by atoms with E-state index in [0.29, 0.717) is 5.02 Å². The van der Waals surface area contributed by atoms with Crippen molar-refractivity contribution in [3.8, 4) is 0 Å². The van der Waals surface area contributed by atoms with Gasteiger partial charge >= 0.3 is 0 Å². The second kappa shape index (κ2) is 5.69. The Kier molecular flexibility index (Phi) is 3.99. The molecule has 2 aromatic rings. The largest absolute Gasteiger partial charge is 0.370 e. The molecular weight excluding hydrogens is 232 g/mol. The number of anilines is 1. The summed E-state index contributed by atoms with van der Waals surface area (Å²) < 4.78 is 0. The van der Waals surface area contributed by atoms with Gasteiger partial charge in [0.05, 0.1) is 5.02 Å². The molecule has 0 radical (unpaired) electrons. The number of benzene rings is 1. The number of nitrogens with one attached hydrogen (secondary N) is 1. The minimum Gasteiger partial charge on any atom is -0.370 e. The Morgan fingerprint density at radius 3 is 2.82 bits per heavy atom. The quantitative estimate of drug-likeness (QED) is 0.890. The van der Waals surface area contributed by atoms with Crippen molar-refractivity contribution in [2.75, 3.05) is 11.9 Å². The predicted octanol–water partition coefficient (Wildman–Crippen LogP) is 3.70. The molecule has 0 saturated carbocycles. The fourth-order valence-corrected chi connectivity index (χ4v) is 1.79. The van der Waals surface area contributed by atoms with E-state index >= 15 is 0 Å². The molecule has 1 aromatic carbocycles. The van der Waals surface area contributed by atoms with Crippen LogP contribution >= 0.6 is 11.6 Å². The molecule has 1 N–H and O–H groups in total. The Morgan fingerprint density at radius 2 is 2.12 bits per heavy atom. The third kappa shape index (κ3) is 3.75. The summed E-state index contributed by atoms with van der Waals surface area (Å²) in [6, 6.07) is 12.3. The molecule has 0 unspecified atom stereocenters. The van der Waals surface area contributed by atoms with Crippen molar-refractivity contribution < 1.29 is 0 Å². The maximum absolute atomic E-state index is 5.77. The van der Waals surface area contributed by atoms with Crippen LogP contribution in [-0.2, 0) is 6.42 Å². The lowest BCUT2D eigenvalue weighted by molar-refractivity contribution is 1.00. The topological polar surface area (TPSA) is 24.9 Å².